The van der Waals surface area contributed by atoms with Crippen LogP contribution in [0.3, 0.4) is 0 Å². The van der Waals surface area contributed by atoms with Gasteiger partial charge in [-0.1, -0.05) is 23.7 Å². The van der Waals surface area contributed by atoms with E-state index in [-0.39, 0.29) is 0 Å². The first-order valence-corrected chi connectivity index (χ1v) is 7.50. The third kappa shape index (κ3) is 4.54. The van der Waals surface area contributed by atoms with Crippen molar-refractivity contribution in [2.75, 3.05) is 0 Å². The molecule has 1 aromatic carbocycles. The molecule has 104 valence electrons. The van der Waals surface area contributed by atoms with Crippen LogP contribution in [0.5, 0.6) is 0 Å². The zero-order valence-electron chi connectivity index (χ0n) is 11.1. The number of hydrogen-bond donors (Lipinski definition) is 1. The van der Waals surface area contributed by atoms with Gasteiger partial charge in [0.25, 0.3) is 0 Å². The van der Waals surface area contributed by atoms with E-state index < -0.39 is 5.97 Å². The van der Waals surface area contributed by atoms with E-state index in [4.69, 9.17) is 16.7 Å². The van der Waals surface area contributed by atoms with Crippen LogP contribution in [0.4, 0.5) is 0 Å². The molecule has 2 rings (SSSR count). The zero-order valence-corrected chi connectivity index (χ0v) is 11.9. The van der Waals surface area contributed by atoms with Gasteiger partial charge in [-0.15, -0.1) is 0 Å². The van der Waals surface area contributed by atoms with Gasteiger partial charge in [-0.05, 0) is 68.1 Å². The lowest BCUT2D eigenvalue weighted by Gasteiger charge is -2.28. The number of aliphatic carboxylic acids is 1. The maximum Gasteiger partial charge on any atom is 0.303 e. The van der Waals surface area contributed by atoms with Crippen molar-refractivity contribution in [2.45, 2.75) is 50.9 Å². The van der Waals surface area contributed by atoms with Crippen LogP contribution in [0.25, 0.3) is 0 Å². The summed E-state index contributed by atoms with van der Waals surface area (Å²) in [6.07, 6.45) is 7.11. The number of halogens is 1. The van der Waals surface area contributed by atoms with Crippen LogP contribution in [-0.4, -0.2) is 11.1 Å². The van der Waals surface area contributed by atoms with Crippen LogP contribution in [0.15, 0.2) is 24.3 Å². The molecule has 1 aliphatic rings. The Bertz CT molecular complexity index is 405. The Morgan fingerprint density at radius 1 is 1.16 bits per heavy atom. The van der Waals surface area contributed by atoms with E-state index in [1.165, 1.54) is 31.2 Å². The van der Waals surface area contributed by atoms with Gasteiger partial charge in [-0.25, -0.2) is 0 Å². The Labute approximate surface area is 119 Å². The molecule has 1 aromatic rings. The Morgan fingerprint density at radius 2 is 1.79 bits per heavy atom. The lowest BCUT2D eigenvalue weighted by atomic mass is 9.77. The van der Waals surface area contributed by atoms with Crippen LogP contribution in [-0.2, 0) is 4.79 Å². The maximum absolute atomic E-state index is 10.5. The van der Waals surface area contributed by atoms with E-state index in [9.17, 15) is 4.79 Å². The molecule has 19 heavy (non-hydrogen) atoms. The second kappa shape index (κ2) is 6.95. The van der Waals surface area contributed by atoms with Gasteiger partial charge in [-0.2, -0.15) is 0 Å². The van der Waals surface area contributed by atoms with Crippen LogP contribution >= 0.6 is 11.6 Å². The lowest BCUT2D eigenvalue weighted by molar-refractivity contribution is -0.137. The van der Waals surface area contributed by atoms with Crippen molar-refractivity contribution < 1.29 is 9.90 Å². The Hall–Kier alpha value is -1.02. The van der Waals surface area contributed by atoms with Crippen molar-refractivity contribution in [1.82, 2.24) is 0 Å². The van der Waals surface area contributed by atoms with Crippen molar-refractivity contribution in [1.29, 1.82) is 0 Å². The molecular formula is C16H21ClO2. The minimum Gasteiger partial charge on any atom is -0.481 e. The average Bonchev–Trinajstić information content (AvgIpc) is 2.40. The third-order valence-electron chi connectivity index (χ3n) is 4.19. The first-order chi connectivity index (χ1) is 9.15. The zero-order chi connectivity index (χ0) is 13.7. The lowest BCUT2D eigenvalue weighted by Crippen LogP contribution is -2.13. The average molecular weight is 281 g/mol. The predicted molar refractivity (Wildman–Crippen MR) is 77.6 cm³/mol. The maximum atomic E-state index is 10.5. The molecule has 0 spiro atoms. The summed E-state index contributed by atoms with van der Waals surface area (Å²) < 4.78 is 0. The fraction of sp³-hybridized carbons (Fsp3) is 0.562. The minimum absolute atomic E-state index is 0.317. The monoisotopic (exact) mass is 280 g/mol. The van der Waals surface area contributed by atoms with Gasteiger partial charge >= 0.3 is 5.97 Å². The first-order valence-electron chi connectivity index (χ1n) is 7.12. The molecule has 1 saturated carbocycles. The molecule has 0 aliphatic heterocycles. The largest absolute Gasteiger partial charge is 0.481 e. The molecule has 0 atom stereocenters. The number of carboxylic acids is 1. The molecule has 0 unspecified atom stereocenters. The number of carboxylic acid groups (broad SMARTS) is 1. The summed E-state index contributed by atoms with van der Waals surface area (Å²) in [5.41, 5.74) is 1.40. The molecule has 0 amide bonds. The Balaban J connectivity index is 1.76. The summed E-state index contributed by atoms with van der Waals surface area (Å²) in [7, 11) is 0. The summed E-state index contributed by atoms with van der Waals surface area (Å²) in [4.78, 5) is 10.5. The third-order valence-corrected chi connectivity index (χ3v) is 4.44. The molecule has 1 aliphatic carbocycles. The van der Waals surface area contributed by atoms with E-state index in [1.54, 1.807) is 0 Å². The summed E-state index contributed by atoms with van der Waals surface area (Å²) in [5, 5.41) is 9.44. The van der Waals surface area contributed by atoms with E-state index >= 15 is 0 Å². The summed E-state index contributed by atoms with van der Waals surface area (Å²) in [6, 6.07) is 8.21. The highest BCUT2D eigenvalue weighted by atomic mass is 35.5. The van der Waals surface area contributed by atoms with Crippen molar-refractivity contribution >= 4 is 17.6 Å². The normalized spacial score (nSPS) is 23.2. The van der Waals surface area contributed by atoms with Gasteiger partial charge in [0.2, 0.25) is 0 Å². The molecule has 0 aromatic heterocycles. The smallest absolute Gasteiger partial charge is 0.303 e. The van der Waals surface area contributed by atoms with Gasteiger partial charge in [-0.3, -0.25) is 4.79 Å². The Morgan fingerprint density at radius 3 is 2.37 bits per heavy atom. The number of hydrogen-bond acceptors (Lipinski definition) is 1. The highest BCUT2D eigenvalue weighted by molar-refractivity contribution is 6.30. The molecule has 3 heteroatoms. The molecule has 1 N–H and O–H groups in total. The standard InChI is InChI=1S/C16H21ClO2/c17-15-10-8-14(9-11-15)13-6-4-12(5-7-13)2-1-3-16(18)19/h8-13H,1-7H2,(H,18,19). The molecular weight excluding hydrogens is 260 g/mol. The van der Waals surface area contributed by atoms with Crippen LogP contribution in [0.1, 0.15) is 56.4 Å². The van der Waals surface area contributed by atoms with Gasteiger partial charge < -0.3 is 5.11 Å². The fourth-order valence-corrected chi connectivity index (χ4v) is 3.19. The summed E-state index contributed by atoms with van der Waals surface area (Å²) in [6.45, 7) is 0. The van der Waals surface area contributed by atoms with E-state index in [0.29, 0.717) is 12.3 Å². The highest BCUT2D eigenvalue weighted by Crippen LogP contribution is 2.37. The van der Waals surface area contributed by atoms with Crippen molar-refractivity contribution in [3.05, 3.63) is 34.9 Å². The minimum atomic E-state index is -0.671. The molecule has 0 saturated heterocycles. The van der Waals surface area contributed by atoms with Crippen molar-refractivity contribution in [3.63, 3.8) is 0 Å². The second-order valence-corrected chi connectivity index (χ2v) is 5.99. The van der Waals surface area contributed by atoms with E-state index in [0.717, 1.165) is 23.8 Å². The SMILES string of the molecule is O=C(O)CCCC1CCC(c2ccc(Cl)cc2)CC1. The van der Waals surface area contributed by atoms with Gasteiger partial charge in [0.15, 0.2) is 0 Å². The molecule has 1 fully saturated rings. The van der Waals surface area contributed by atoms with Crippen LogP contribution in [0.2, 0.25) is 5.02 Å². The van der Waals surface area contributed by atoms with Crippen LogP contribution < -0.4 is 0 Å². The Kier molecular flexibility index (Phi) is 5.26. The van der Waals surface area contributed by atoms with Gasteiger partial charge in [0, 0.05) is 11.4 Å². The second-order valence-electron chi connectivity index (χ2n) is 5.56. The highest BCUT2D eigenvalue weighted by Gasteiger charge is 2.22. The van der Waals surface area contributed by atoms with Crippen LogP contribution in [0, 0.1) is 5.92 Å². The summed E-state index contributed by atoms with van der Waals surface area (Å²) >= 11 is 5.91. The fourth-order valence-electron chi connectivity index (χ4n) is 3.06. The van der Waals surface area contributed by atoms with Gasteiger partial charge in [0.1, 0.15) is 0 Å². The first kappa shape index (κ1) is 14.4. The molecule has 0 heterocycles. The number of benzene rings is 1. The number of carbonyl (C=O) groups is 1. The molecule has 0 bridgehead atoms. The quantitative estimate of drug-likeness (QED) is 0.835. The van der Waals surface area contributed by atoms with Gasteiger partial charge in [0.05, 0.1) is 0 Å². The molecule has 0 radical (unpaired) electrons. The molecule has 2 nitrogen and oxygen atoms in total. The predicted octanol–water partition coefficient (Wildman–Crippen LogP) is 4.87. The number of rotatable bonds is 5. The van der Waals surface area contributed by atoms with Crippen molar-refractivity contribution in [3.8, 4) is 0 Å². The van der Waals surface area contributed by atoms with E-state index in [2.05, 4.69) is 12.1 Å². The topological polar surface area (TPSA) is 37.3 Å². The van der Waals surface area contributed by atoms with Crippen molar-refractivity contribution in [2.24, 2.45) is 5.92 Å². The van der Waals surface area contributed by atoms with E-state index in [1.807, 2.05) is 12.1 Å². The summed E-state index contributed by atoms with van der Waals surface area (Å²) in [5.74, 6) is 0.714.